The summed E-state index contributed by atoms with van der Waals surface area (Å²) in [7, 11) is 0. The average Bonchev–Trinajstić information content (AvgIpc) is 3.12. The third-order valence-electron chi connectivity index (χ3n) is 4.72. The van der Waals surface area contributed by atoms with Gasteiger partial charge in [0.1, 0.15) is 5.75 Å². The fourth-order valence-corrected chi connectivity index (χ4v) is 3.44. The SMILES string of the molecule is CCOc1ccc(CN2CCN(Cc3ccn[nH]3)C[C@@H]2CCO)cc1. The minimum atomic E-state index is 0.225. The van der Waals surface area contributed by atoms with Gasteiger partial charge in [0.15, 0.2) is 0 Å². The van der Waals surface area contributed by atoms with E-state index in [0.29, 0.717) is 12.6 Å². The number of aliphatic hydroxyl groups is 1. The molecule has 0 amide bonds. The van der Waals surface area contributed by atoms with E-state index in [4.69, 9.17) is 4.74 Å². The molecule has 0 saturated carbocycles. The lowest BCUT2D eigenvalue weighted by atomic mass is 10.1. The molecule has 6 heteroatoms. The topological polar surface area (TPSA) is 64.6 Å². The van der Waals surface area contributed by atoms with E-state index in [2.05, 4.69) is 32.1 Å². The van der Waals surface area contributed by atoms with Crippen molar-refractivity contribution < 1.29 is 9.84 Å². The summed E-state index contributed by atoms with van der Waals surface area (Å²) < 4.78 is 5.51. The molecule has 0 unspecified atom stereocenters. The molecule has 2 aromatic rings. The summed E-state index contributed by atoms with van der Waals surface area (Å²) in [5, 5.41) is 16.5. The first-order valence-corrected chi connectivity index (χ1v) is 9.05. The van der Waals surface area contributed by atoms with Crippen molar-refractivity contribution in [2.75, 3.05) is 32.8 Å². The molecule has 2 heterocycles. The first kappa shape index (κ1) is 17.9. The minimum absolute atomic E-state index is 0.225. The van der Waals surface area contributed by atoms with Crippen LogP contribution < -0.4 is 4.74 Å². The van der Waals surface area contributed by atoms with Gasteiger partial charge in [-0.3, -0.25) is 14.9 Å². The quantitative estimate of drug-likeness (QED) is 0.765. The number of ether oxygens (including phenoxy) is 1. The van der Waals surface area contributed by atoms with Gasteiger partial charge in [0.25, 0.3) is 0 Å². The number of rotatable bonds is 8. The summed E-state index contributed by atoms with van der Waals surface area (Å²) >= 11 is 0. The van der Waals surface area contributed by atoms with Crippen LogP contribution in [0.1, 0.15) is 24.6 Å². The van der Waals surface area contributed by atoms with Crippen LogP contribution in [0.5, 0.6) is 5.75 Å². The van der Waals surface area contributed by atoms with E-state index in [1.807, 2.05) is 25.1 Å². The van der Waals surface area contributed by atoms with Crippen LogP contribution in [0.2, 0.25) is 0 Å². The van der Waals surface area contributed by atoms with E-state index in [0.717, 1.165) is 50.6 Å². The molecular weight excluding hydrogens is 316 g/mol. The normalized spacial score (nSPS) is 19.2. The molecule has 25 heavy (non-hydrogen) atoms. The summed E-state index contributed by atoms with van der Waals surface area (Å²) in [6.45, 7) is 7.71. The zero-order chi connectivity index (χ0) is 17.5. The molecule has 3 rings (SSSR count). The van der Waals surface area contributed by atoms with Crippen LogP contribution in [0.4, 0.5) is 0 Å². The molecule has 1 saturated heterocycles. The fourth-order valence-electron chi connectivity index (χ4n) is 3.44. The maximum absolute atomic E-state index is 9.46. The summed E-state index contributed by atoms with van der Waals surface area (Å²) in [4.78, 5) is 4.91. The Morgan fingerprint density at radius 2 is 2.04 bits per heavy atom. The number of hydrogen-bond acceptors (Lipinski definition) is 5. The van der Waals surface area contributed by atoms with Crippen LogP contribution >= 0.6 is 0 Å². The van der Waals surface area contributed by atoms with Gasteiger partial charge in [-0.15, -0.1) is 0 Å². The lowest BCUT2D eigenvalue weighted by Crippen LogP contribution is -2.52. The van der Waals surface area contributed by atoms with Gasteiger partial charge in [0.2, 0.25) is 0 Å². The third-order valence-corrected chi connectivity index (χ3v) is 4.72. The Hall–Kier alpha value is -1.89. The number of hydrogen-bond donors (Lipinski definition) is 2. The number of H-pyrrole nitrogens is 1. The maximum Gasteiger partial charge on any atom is 0.119 e. The first-order valence-electron chi connectivity index (χ1n) is 9.05. The van der Waals surface area contributed by atoms with Gasteiger partial charge in [0, 0.05) is 57.3 Å². The van der Waals surface area contributed by atoms with Gasteiger partial charge >= 0.3 is 0 Å². The molecule has 1 atom stereocenters. The molecule has 2 N–H and O–H groups in total. The van der Waals surface area contributed by atoms with E-state index < -0.39 is 0 Å². The lowest BCUT2D eigenvalue weighted by Gasteiger charge is -2.41. The molecule has 136 valence electrons. The summed E-state index contributed by atoms with van der Waals surface area (Å²) in [6, 6.07) is 10.7. The van der Waals surface area contributed by atoms with Gasteiger partial charge in [-0.05, 0) is 37.1 Å². The summed E-state index contributed by atoms with van der Waals surface area (Å²) in [5.41, 5.74) is 2.43. The molecule has 0 spiro atoms. The zero-order valence-corrected chi connectivity index (χ0v) is 14.9. The smallest absolute Gasteiger partial charge is 0.119 e. The Kier molecular flexibility index (Phi) is 6.44. The highest BCUT2D eigenvalue weighted by atomic mass is 16.5. The number of nitrogens with zero attached hydrogens (tertiary/aromatic N) is 3. The van der Waals surface area contributed by atoms with Crippen molar-refractivity contribution in [2.45, 2.75) is 32.5 Å². The van der Waals surface area contributed by atoms with Crippen molar-refractivity contribution in [3.8, 4) is 5.75 Å². The number of piperazine rings is 1. The molecule has 1 aliphatic rings. The fraction of sp³-hybridized carbons (Fsp3) is 0.526. The van der Waals surface area contributed by atoms with Crippen LogP contribution in [0.3, 0.4) is 0 Å². The van der Waals surface area contributed by atoms with Crippen LogP contribution in [0.25, 0.3) is 0 Å². The van der Waals surface area contributed by atoms with Crippen molar-refractivity contribution in [1.82, 2.24) is 20.0 Å². The molecule has 0 radical (unpaired) electrons. The van der Waals surface area contributed by atoms with Crippen LogP contribution in [0.15, 0.2) is 36.5 Å². The number of aromatic amines is 1. The van der Waals surface area contributed by atoms with Crippen molar-refractivity contribution in [3.63, 3.8) is 0 Å². The second kappa shape index (κ2) is 8.99. The van der Waals surface area contributed by atoms with Gasteiger partial charge < -0.3 is 9.84 Å². The predicted molar refractivity (Wildman–Crippen MR) is 97.4 cm³/mol. The minimum Gasteiger partial charge on any atom is -0.494 e. The van der Waals surface area contributed by atoms with Gasteiger partial charge in [-0.25, -0.2) is 0 Å². The number of nitrogens with one attached hydrogen (secondary N) is 1. The van der Waals surface area contributed by atoms with Crippen LogP contribution in [0, 0.1) is 0 Å². The number of aromatic nitrogens is 2. The Balaban J connectivity index is 1.58. The molecule has 6 nitrogen and oxygen atoms in total. The number of aliphatic hydroxyl groups excluding tert-OH is 1. The largest absolute Gasteiger partial charge is 0.494 e. The van der Waals surface area contributed by atoms with Crippen molar-refractivity contribution in [2.24, 2.45) is 0 Å². The Morgan fingerprint density at radius 3 is 2.72 bits per heavy atom. The van der Waals surface area contributed by atoms with Crippen molar-refractivity contribution in [3.05, 3.63) is 47.8 Å². The van der Waals surface area contributed by atoms with E-state index >= 15 is 0 Å². The average molecular weight is 344 g/mol. The summed E-state index contributed by atoms with van der Waals surface area (Å²) in [5.74, 6) is 0.919. The molecule has 1 aromatic heterocycles. The highest BCUT2D eigenvalue weighted by Crippen LogP contribution is 2.19. The standard InChI is InChI=1S/C19H28N4O2/c1-2-25-19-5-3-16(4-6-19)13-23-11-10-22(15-18(23)8-12-24)14-17-7-9-20-21-17/h3-7,9,18,24H,2,8,10-15H2,1H3,(H,20,21)/t18-/m0/s1. The van der Waals surface area contributed by atoms with Crippen LogP contribution in [-0.2, 0) is 13.1 Å². The van der Waals surface area contributed by atoms with E-state index in [9.17, 15) is 5.11 Å². The molecular formula is C19H28N4O2. The zero-order valence-electron chi connectivity index (χ0n) is 14.9. The van der Waals surface area contributed by atoms with E-state index in [1.54, 1.807) is 6.20 Å². The number of benzene rings is 1. The Labute approximate surface area is 149 Å². The first-order chi connectivity index (χ1) is 12.3. The van der Waals surface area contributed by atoms with Crippen molar-refractivity contribution in [1.29, 1.82) is 0 Å². The van der Waals surface area contributed by atoms with Crippen molar-refractivity contribution >= 4 is 0 Å². The van der Waals surface area contributed by atoms with E-state index in [-0.39, 0.29) is 6.61 Å². The lowest BCUT2D eigenvalue weighted by molar-refractivity contribution is 0.0494. The Bertz CT molecular complexity index is 615. The highest BCUT2D eigenvalue weighted by Gasteiger charge is 2.26. The Morgan fingerprint density at radius 1 is 1.20 bits per heavy atom. The second-order valence-corrected chi connectivity index (χ2v) is 6.53. The highest BCUT2D eigenvalue weighted by molar-refractivity contribution is 5.27. The van der Waals surface area contributed by atoms with Gasteiger partial charge in [-0.1, -0.05) is 12.1 Å². The molecule has 0 bridgehead atoms. The van der Waals surface area contributed by atoms with Gasteiger partial charge in [-0.2, -0.15) is 5.10 Å². The molecule has 1 aromatic carbocycles. The molecule has 0 aliphatic carbocycles. The second-order valence-electron chi connectivity index (χ2n) is 6.53. The molecule has 1 aliphatic heterocycles. The maximum atomic E-state index is 9.46. The predicted octanol–water partition coefficient (Wildman–Crippen LogP) is 1.88. The van der Waals surface area contributed by atoms with E-state index in [1.165, 1.54) is 5.56 Å². The monoisotopic (exact) mass is 344 g/mol. The molecule has 1 fully saturated rings. The van der Waals surface area contributed by atoms with Crippen LogP contribution in [-0.4, -0.2) is 64.0 Å². The third kappa shape index (κ3) is 5.04. The van der Waals surface area contributed by atoms with Gasteiger partial charge in [0.05, 0.1) is 6.61 Å². The summed E-state index contributed by atoms with van der Waals surface area (Å²) in [6.07, 6.45) is 2.60.